The molecule has 22 heavy (non-hydrogen) atoms. The molecule has 0 aliphatic rings. The Labute approximate surface area is 126 Å². The molecule has 0 aliphatic heterocycles. The quantitative estimate of drug-likeness (QED) is 0.889. The van der Waals surface area contributed by atoms with E-state index in [1.54, 1.807) is 6.07 Å². The second kappa shape index (κ2) is 6.74. The maximum Gasteiger partial charge on any atom is 0.416 e. The van der Waals surface area contributed by atoms with Gasteiger partial charge < -0.3 is 10.4 Å². The van der Waals surface area contributed by atoms with Crippen LogP contribution in [0.4, 0.5) is 19.0 Å². The summed E-state index contributed by atoms with van der Waals surface area (Å²) in [5.41, 5.74) is -0.102. The first-order valence-corrected chi connectivity index (χ1v) is 6.81. The standard InChI is InChI=1S/C15H16F3N3O/c1-2-12(9-22)21-14-13(19-6-7-20-14)10-4-3-5-11(8-10)15(16,17)18/h3-8,12,22H,2,9H2,1H3,(H,20,21). The van der Waals surface area contributed by atoms with Crippen molar-refractivity contribution in [1.29, 1.82) is 0 Å². The lowest BCUT2D eigenvalue weighted by Gasteiger charge is -2.17. The molecule has 0 amide bonds. The van der Waals surface area contributed by atoms with Gasteiger partial charge in [-0.3, -0.25) is 4.98 Å². The zero-order valence-electron chi connectivity index (χ0n) is 11.9. The van der Waals surface area contributed by atoms with Crippen molar-refractivity contribution in [3.8, 4) is 11.3 Å². The number of alkyl halides is 3. The Hall–Kier alpha value is -2.15. The number of hydrogen-bond acceptors (Lipinski definition) is 4. The highest BCUT2D eigenvalue weighted by molar-refractivity contribution is 5.71. The average molecular weight is 311 g/mol. The molecule has 0 aliphatic carbocycles. The van der Waals surface area contributed by atoms with Gasteiger partial charge in [0.05, 0.1) is 18.2 Å². The van der Waals surface area contributed by atoms with Crippen molar-refractivity contribution in [2.75, 3.05) is 11.9 Å². The molecule has 2 N–H and O–H groups in total. The first-order chi connectivity index (χ1) is 10.5. The van der Waals surface area contributed by atoms with Crippen LogP contribution in [0.5, 0.6) is 0 Å². The second-order valence-corrected chi connectivity index (χ2v) is 4.76. The molecule has 1 atom stereocenters. The van der Waals surface area contributed by atoms with Crippen LogP contribution in [0.3, 0.4) is 0 Å². The minimum atomic E-state index is -4.41. The van der Waals surface area contributed by atoms with Crippen LogP contribution < -0.4 is 5.32 Å². The summed E-state index contributed by atoms with van der Waals surface area (Å²) < 4.78 is 38.5. The summed E-state index contributed by atoms with van der Waals surface area (Å²) in [6.07, 6.45) is -0.901. The van der Waals surface area contributed by atoms with Crippen molar-refractivity contribution in [2.45, 2.75) is 25.6 Å². The van der Waals surface area contributed by atoms with Crippen LogP contribution in [0, 0.1) is 0 Å². The number of aromatic nitrogens is 2. The monoisotopic (exact) mass is 311 g/mol. The van der Waals surface area contributed by atoms with Crippen LogP contribution >= 0.6 is 0 Å². The fraction of sp³-hybridized carbons (Fsp3) is 0.333. The van der Waals surface area contributed by atoms with Crippen molar-refractivity contribution in [1.82, 2.24) is 9.97 Å². The summed E-state index contributed by atoms with van der Waals surface area (Å²) in [6, 6.07) is 4.69. The fourth-order valence-corrected chi connectivity index (χ4v) is 1.97. The molecule has 2 aromatic rings. The van der Waals surface area contributed by atoms with E-state index in [2.05, 4.69) is 15.3 Å². The topological polar surface area (TPSA) is 58.0 Å². The molecule has 1 heterocycles. The third-order valence-electron chi connectivity index (χ3n) is 3.22. The number of benzene rings is 1. The molecule has 1 aromatic heterocycles. The van der Waals surface area contributed by atoms with Gasteiger partial charge in [0.15, 0.2) is 5.82 Å². The normalized spacial score (nSPS) is 13.0. The van der Waals surface area contributed by atoms with Crippen molar-refractivity contribution in [3.63, 3.8) is 0 Å². The Balaban J connectivity index is 2.41. The van der Waals surface area contributed by atoms with Gasteiger partial charge in [-0.25, -0.2) is 4.98 Å². The van der Waals surface area contributed by atoms with Gasteiger partial charge >= 0.3 is 6.18 Å². The fourth-order valence-electron chi connectivity index (χ4n) is 1.97. The number of hydrogen-bond donors (Lipinski definition) is 2. The van der Waals surface area contributed by atoms with E-state index in [-0.39, 0.29) is 12.6 Å². The smallest absolute Gasteiger partial charge is 0.394 e. The van der Waals surface area contributed by atoms with Crippen LogP contribution in [-0.2, 0) is 6.18 Å². The van der Waals surface area contributed by atoms with Crippen molar-refractivity contribution < 1.29 is 18.3 Å². The minimum absolute atomic E-state index is 0.102. The Morgan fingerprint density at radius 2 is 1.95 bits per heavy atom. The number of nitrogens with one attached hydrogen (secondary N) is 1. The van der Waals surface area contributed by atoms with E-state index in [0.717, 1.165) is 12.1 Å². The lowest BCUT2D eigenvalue weighted by molar-refractivity contribution is -0.137. The van der Waals surface area contributed by atoms with Gasteiger partial charge in [-0.05, 0) is 18.6 Å². The Kier molecular flexibility index (Phi) is 4.97. The second-order valence-electron chi connectivity index (χ2n) is 4.76. The van der Waals surface area contributed by atoms with Crippen LogP contribution in [0.25, 0.3) is 11.3 Å². The maximum absolute atomic E-state index is 12.8. The molecule has 7 heteroatoms. The number of rotatable bonds is 5. The predicted octanol–water partition coefficient (Wildman–Crippen LogP) is 3.35. The zero-order chi connectivity index (χ0) is 16.2. The third kappa shape index (κ3) is 3.73. The van der Waals surface area contributed by atoms with Gasteiger partial charge in [0, 0.05) is 18.0 Å². The largest absolute Gasteiger partial charge is 0.416 e. The third-order valence-corrected chi connectivity index (χ3v) is 3.22. The van der Waals surface area contributed by atoms with Crippen LogP contribution in [-0.4, -0.2) is 27.7 Å². The van der Waals surface area contributed by atoms with E-state index in [9.17, 15) is 18.3 Å². The Morgan fingerprint density at radius 1 is 1.23 bits per heavy atom. The Bertz CT molecular complexity index is 627. The molecule has 0 spiro atoms. The Morgan fingerprint density at radius 3 is 2.59 bits per heavy atom. The van der Waals surface area contributed by atoms with E-state index in [0.29, 0.717) is 23.5 Å². The minimum Gasteiger partial charge on any atom is -0.394 e. The summed E-state index contributed by atoms with van der Waals surface area (Å²) in [5, 5.41) is 12.2. The van der Waals surface area contributed by atoms with Crippen molar-refractivity contribution in [3.05, 3.63) is 42.2 Å². The number of aliphatic hydroxyl groups is 1. The number of nitrogens with zero attached hydrogens (tertiary/aromatic N) is 2. The highest BCUT2D eigenvalue weighted by atomic mass is 19.4. The van der Waals surface area contributed by atoms with Gasteiger partial charge in [0.2, 0.25) is 0 Å². The number of anilines is 1. The van der Waals surface area contributed by atoms with Crippen LogP contribution in [0.15, 0.2) is 36.7 Å². The van der Waals surface area contributed by atoms with E-state index < -0.39 is 11.7 Å². The van der Waals surface area contributed by atoms with E-state index in [1.165, 1.54) is 18.5 Å². The van der Waals surface area contributed by atoms with Gasteiger partial charge in [0.25, 0.3) is 0 Å². The van der Waals surface area contributed by atoms with E-state index in [4.69, 9.17) is 0 Å². The van der Waals surface area contributed by atoms with Crippen LogP contribution in [0.2, 0.25) is 0 Å². The summed E-state index contributed by atoms with van der Waals surface area (Å²) in [7, 11) is 0. The summed E-state index contributed by atoms with van der Waals surface area (Å²) in [5.74, 6) is 0.350. The van der Waals surface area contributed by atoms with E-state index >= 15 is 0 Å². The molecule has 2 rings (SSSR count). The molecule has 4 nitrogen and oxygen atoms in total. The van der Waals surface area contributed by atoms with Gasteiger partial charge in [-0.1, -0.05) is 19.1 Å². The SMILES string of the molecule is CCC(CO)Nc1nccnc1-c1cccc(C(F)(F)F)c1. The van der Waals surface area contributed by atoms with Gasteiger partial charge in [0.1, 0.15) is 5.69 Å². The summed E-state index contributed by atoms with van der Waals surface area (Å²) in [6.45, 7) is 1.78. The molecule has 0 radical (unpaired) electrons. The van der Waals surface area contributed by atoms with Crippen molar-refractivity contribution >= 4 is 5.82 Å². The summed E-state index contributed by atoms with van der Waals surface area (Å²) in [4.78, 5) is 8.24. The highest BCUT2D eigenvalue weighted by Crippen LogP contribution is 2.33. The first-order valence-electron chi connectivity index (χ1n) is 6.81. The molecular formula is C15H16F3N3O. The molecule has 0 saturated carbocycles. The zero-order valence-corrected chi connectivity index (χ0v) is 11.9. The molecule has 0 fully saturated rings. The molecule has 1 aromatic carbocycles. The van der Waals surface area contributed by atoms with Crippen molar-refractivity contribution in [2.24, 2.45) is 0 Å². The van der Waals surface area contributed by atoms with Crippen LogP contribution in [0.1, 0.15) is 18.9 Å². The number of aliphatic hydroxyl groups excluding tert-OH is 1. The molecular weight excluding hydrogens is 295 g/mol. The molecule has 0 saturated heterocycles. The maximum atomic E-state index is 12.8. The lowest BCUT2D eigenvalue weighted by atomic mass is 10.1. The average Bonchev–Trinajstić information content (AvgIpc) is 2.52. The van der Waals surface area contributed by atoms with Gasteiger partial charge in [-0.2, -0.15) is 13.2 Å². The summed E-state index contributed by atoms with van der Waals surface area (Å²) >= 11 is 0. The first kappa shape index (κ1) is 16.2. The molecule has 118 valence electrons. The lowest BCUT2D eigenvalue weighted by Crippen LogP contribution is -2.23. The van der Waals surface area contributed by atoms with E-state index in [1.807, 2.05) is 6.92 Å². The molecule has 0 bridgehead atoms. The number of halogens is 3. The van der Waals surface area contributed by atoms with Gasteiger partial charge in [-0.15, -0.1) is 0 Å². The molecule has 1 unspecified atom stereocenters. The highest BCUT2D eigenvalue weighted by Gasteiger charge is 2.30. The predicted molar refractivity (Wildman–Crippen MR) is 77.3 cm³/mol.